The van der Waals surface area contributed by atoms with Gasteiger partial charge < -0.3 is 9.67 Å². The summed E-state index contributed by atoms with van der Waals surface area (Å²) in [7, 11) is -5.49. The van der Waals surface area contributed by atoms with E-state index in [0.29, 0.717) is 16.6 Å². The van der Waals surface area contributed by atoms with Crippen molar-refractivity contribution < 1.29 is 31.5 Å². The van der Waals surface area contributed by atoms with Crippen molar-refractivity contribution in [2.75, 3.05) is 4.72 Å². The van der Waals surface area contributed by atoms with Crippen LogP contribution in [0.5, 0.6) is 0 Å². The number of nitrogens with one attached hydrogen (secondary N) is 1. The third-order valence-electron chi connectivity index (χ3n) is 2.96. The minimum absolute atomic E-state index is 0.252. The maximum atomic E-state index is 12.3. The van der Waals surface area contributed by atoms with Gasteiger partial charge in [0.2, 0.25) is 0 Å². The van der Waals surface area contributed by atoms with E-state index < -0.39 is 21.5 Å². The molecule has 120 valence electrons. The van der Waals surface area contributed by atoms with Crippen LogP contribution >= 0.6 is 0 Å². The lowest BCUT2D eigenvalue weighted by Gasteiger charge is -2.11. The summed E-state index contributed by atoms with van der Waals surface area (Å²) < 4.78 is 62.0. The van der Waals surface area contributed by atoms with Crippen LogP contribution in [-0.4, -0.2) is 29.6 Å². The number of aromatic nitrogens is 1. The first-order valence-electron chi connectivity index (χ1n) is 5.92. The first-order chi connectivity index (χ1) is 10.0. The van der Waals surface area contributed by atoms with Gasteiger partial charge in [-0.15, -0.1) is 0 Å². The molecule has 0 amide bonds. The highest BCUT2D eigenvalue weighted by atomic mass is 32.2. The average Bonchev–Trinajstić information content (AvgIpc) is 2.62. The molecule has 0 unspecified atom stereocenters. The number of fused-ring (bicyclic) bond motifs is 1. The largest absolute Gasteiger partial charge is 0.516 e. The lowest BCUT2D eigenvalue weighted by molar-refractivity contribution is -0.137. The van der Waals surface area contributed by atoms with Gasteiger partial charge in [-0.2, -0.15) is 21.6 Å². The molecule has 0 radical (unpaired) electrons. The summed E-state index contributed by atoms with van der Waals surface area (Å²) in [6.07, 6.45) is 0. The van der Waals surface area contributed by atoms with Gasteiger partial charge in [0.15, 0.2) is 0 Å². The molecule has 0 aliphatic heterocycles. The molecule has 0 saturated heterocycles. The fourth-order valence-electron chi connectivity index (χ4n) is 2.03. The molecule has 0 fully saturated rings. The highest BCUT2D eigenvalue weighted by Crippen LogP contribution is 2.28. The predicted octanol–water partition coefficient (Wildman–Crippen LogP) is 2.30. The van der Waals surface area contributed by atoms with E-state index in [1.165, 1.54) is 21.4 Å². The fraction of sp³-hybridized carbons (Fsp3) is 0.250. The summed E-state index contributed by atoms with van der Waals surface area (Å²) in [6, 6.07) is 5.27. The minimum Gasteiger partial charge on any atom is -0.480 e. The first kappa shape index (κ1) is 16.1. The second-order valence-corrected chi connectivity index (χ2v) is 6.26. The number of anilines is 1. The van der Waals surface area contributed by atoms with E-state index in [-0.39, 0.29) is 12.2 Å². The first-order valence-corrected chi connectivity index (χ1v) is 7.40. The number of aliphatic carboxylic acids is 1. The van der Waals surface area contributed by atoms with Gasteiger partial charge in [-0.1, -0.05) is 0 Å². The van der Waals surface area contributed by atoms with Crippen LogP contribution in [0, 0.1) is 6.92 Å². The third kappa shape index (κ3) is 3.01. The lowest BCUT2D eigenvalue weighted by Crippen LogP contribution is -2.29. The number of sulfonamides is 1. The van der Waals surface area contributed by atoms with Crippen molar-refractivity contribution in [3.05, 3.63) is 30.0 Å². The number of nitrogens with zero attached hydrogens (tertiary/aromatic N) is 1. The average molecular weight is 336 g/mol. The van der Waals surface area contributed by atoms with Crippen LogP contribution in [-0.2, 0) is 21.4 Å². The fourth-order valence-corrected chi connectivity index (χ4v) is 2.58. The van der Waals surface area contributed by atoms with Crippen molar-refractivity contribution >= 4 is 32.6 Å². The van der Waals surface area contributed by atoms with Gasteiger partial charge in [-0.25, -0.2) is 0 Å². The van der Waals surface area contributed by atoms with Crippen LogP contribution in [0.1, 0.15) is 5.69 Å². The Morgan fingerprint density at radius 1 is 1.32 bits per heavy atom. The molecule has 10 heteroatoms. The molecule has 22 heavy (non-hydrogen) atoms. The number of aryl methyl sites for hydroxylation is 1. The highest BCUT2D eigenvalue weighted by Gasteiger charge is 2.46. The molecule has 1 heterocycles. The van der Waals surface area contributed by atoms with Crippen LogP contribution in [0.15, 0.2) is 24.3 Å². The molecular formula is C12H11F3N2O4S. The van der Waals surface area contributed by atoms with E-state index >= 15 is 0 Å². The quantitative estimate of drug-likeness (QED) is 0.897. The molecule has 0 bridgehead atoms. The number of halogens is 3. The number of carbonyl (C=O) groups is 1. The van der Waals surface area contributed by atoms with Crippen molar-refractivity contribution in [3.8, 4) is 0 Å². The Labute approximate surface area is 123 Å². The van der Waals surface area contributed by atoms with Gasteiger partial charge in [0.05, 0.1) is 0 Å². The monoisotopic (exact) mass is 336 g/mol. The smallest absolute Gasteiger partial charge is 0.480 e. The molecule has 0 saturated carbocycles. The number of hydrogen-bond acceptors (Lipinski definition) is 3. The summed E-state index contributed by atoms with van der Waals surface area (Å²) in [5, 5.41) is 9.26. The second-order valence-electron chi connectivity index (χ2n) is 4.59. The topological polar surface area (TPSA) is 88.4 Å². The van der Waals surface area contributed by atoms with Crippen LogP contribution in [0.4, 0.5) is 18.9 Å². The number of benzene rings is 1. The van der Waals surface area contributed by atoms with Crippen LogP contribution in [0.25, 0.3) is 10.9 Å². The van der Waals surface area contributed by atoms with Crippen molar-refractivity contribution in [2.24, 2.45) is 0 Å². The van der Waals surface area contributed by atoms with Gasteiger partial charge >= 0.3 is 21.5 Å². The summed E-state index contributed by atoms with van der Waals surface area (Å²) in [6.45, 7) is 1.34. The van der Waals surface area contributed by atoms with E-state index in [9.17, 15) is 26.4 Å². The third-order valence-corrected chi connectivity index (χ3v) is 4.07. The van der Waals surface area contributed by atoms with E-state index in [4.69, 9.17) is 5.11 Å². The molecule has 0 atom stereocenters. The zero-order valence-corrected chi connectivity index (χ0v) is 12.0. The molecule has 2 N–H and O–H groups in total. The van der Waals surface area contributed by atoms with Gasteiger partial charge in [-0.3, -0.25) is 9.52 Å². The Kier molecular flexibility index (Phi) is 3.81. The molecule has 0 spiro atoms. The SMILES string of the molecule is Cc1cc2cc(NS(=O)(=O)C(F)(F)F)ccc2n1CC(=O)O. The van der Waals surface area contributed by atoms with Gasteiger partial charge in [0, 0.05) is 22.3 Å². The van der Waals surface area contributed by atoms with Crippen molar-refractivity contribution in [3.63, 3.8) is 0 Å². The Morgan fingerprint density at radius 2 is 1.95 bits per heavy atom. The standard InChI is InChI=1S/C12H11F3N2O4S/c1-7-4-8-5-9(16-22(20,21)12(13,14)15)2-3-10(8)17(7)6-11(18)19/h2-5,16H,6H2,1H3,(H,18,19). The number of carboxylic acid groups (broad SMARTS) is 1. The van der Waals surface area contributed by atoms with Gasteiger partial charge in [-0.05, 0) is 31.2 Å². The molecule has 0 aliphatic carbocycles. The summed E-state index contributed by atoms with van der Waals surface area (Å²) in [5.74, 6) is -1.07. The Balaban J connectivity index is 2.43. The Morgan fingerprint density at radius 3 is 2.50 bits per heavy atom. The highest BCUT2D eigenvalue weighted by molar-refractivity contribution is 7.93. The van der Waals surface area contributed by atoms with Crippen LogP contribution < -0.4 is 4.72 Å². The Bertz CT molecular complexity index is 840. The van der Waals surface area contributed by atoms with E-state index in [1.54, 1.807) is 13.0 Å². The normalized spacial score (nSPS) is 12.5. The lowest BCUT2D eigenvalue weighted by atomic mass is 10.2. The Hall–Kier alpha value is -2.23. The number of hydrogen-bond donors (Lipinski definition) is 2. The minimum atomic E-state index is -5.49. The second kappa shape index (κ2) is 5.20. The maximum absolute atomic E-state index is 12.3. The van der Waals surface area contributed by atoms with Gasteiger partial charge in [0.1, 0.15) is 6.54 Å². The zero-order valence-electron chi connectivity index (χ0n) is 11.2. The van der Waals surface area contributed by atoms with Crippen molar-refractivity contribution in [1.29, 1.82) is 0 Å². The van der Waals surface area contributed by atoms with Crippen molar-refractivity contribution in [2.45, 2.75) is 19.0 Å². The summed E-state index contributed by atoms with van der Waals surface area (Å²) >= 11 is 0. The van der Waals surface area contributed by atoms with Gasteiger partial charge in [0.25, 0.3) is 0 Å². The maximum Gasteiger partial charge on any atom is 0.516 e. The number of alkyl halides is 3. The molecule has 0 aliphatic rings. The van der Waals surface area contributed by atoms with Crippen molar-refractivity contribution in [1.82, 2.24) is 4.57 Å². The molecule has 1 aromatic carbocycles. The number of carboxylic acids is 1. The zero-order chi connectivity index (χ0) is 16.7. The van der Waals surface area contributed by atoms with E-state index in [2.05, 4.69) is 0 Å². The van der Waals surface area contributed by atoms with E-state index in [1.807, 2.05) is 0 Å². The number of rotatable bonds is 4. The predicted molar refractivity (Wildman–Crippen MR) is 72.9 cm³/mol. The van der Waals surface area contributed by atoms with Crippen LogP contribution in [0.3, 0.4) is 0 Å². The molecule has 1 aromatic heterocycles. The summed E-state index contributed by atoms with van der Waals surface area (Å²) in [4.78, 5) is 10.8. The molecule has 2 rings (SSSR count). The van der Waals surface area contributed by atoms with Crippen LogP contribution in [0.2, 0.25) is 0 Å². The van der Waals surface area contributed by atoms with E-state index in [0.717, 1.165) is 6.07 Å². The molecule has 6 nitrogen and oxygen atoms in total. The molecule has 2 aromatic rings. The molecular weight excluding hydrogens is 325 g/mol. The summed E-state index contributed by atoms with van der Waals surface area (Å²) in [5.41, 5.74) is -4.59.